The Bertz CT molecular complexity index is 628. The van der Waals surface area contributed by atoms with Crippen molar-refractivity contribution >= 4 is 17.6 Å². The maximum atomic E-state index is 12.3. The molecule has 0 radical (unpaired) electrons. The summed E-state index contributed by atoms with van der Waals surface area (Å²) in [6.45, 7) is 5.19. The monoisotopic (exact) mass is 359 g/mol. The van der Waals surface area contributed by atoms with Gasteiger partial charge in [0.25, 0.3) is 0 Å². The van der Waals surface area contributed by atoms with Gasteiger partial charge < -0.3 is 20.0 Å². The van der Waals surface area contributed by atoms with Gasteiger partial charge in [-0.1, -0.05) is 12.5 Å². The minimum absolute atomic E-state index is 0.0946. The van der Waals surface area contributed by atoms with Crippen molar-refractivity contribution in [2.75, 3.05) is 51.2 Å². The van der Waals surface area contributed by atoms with Crippen molar-refractivity contribution in [1.29, 1.82) is 0 Å². The molecule has 2 saturated heterocycles. The van der Waals surface area contributed by atoms with Crippen molar-refractivity contribution in [2.24, 2.45) is 0 Å². The van der Waals surface area contributed by atoms with Crippen molar-refractivity contribution in [3.8, 4) is 0 Å². The zero-order chi connectivity index (χ0) is 18.4. The number of hydrogen-bond acceptors (Lipinski definition) is 5. The van der Waals surface area contributed by atoms with Gasteiger partial charge in [-0.05, 0) is 26.0 Å². The van der Waals surface area contributed by atoms with Crippen LogP contribution in [0.1, 0.15) is 31.2 Å². The largest absolute Gasteiger partial charge is 0.354 e. The van der Waals surface area contributed by atoms with E-state index in [-0.39, 0.29) is 18.4 Å². The highest BCUT2D eigenvalue weighted by molar-refractivity contribution is 5.84. The summed E-state index contributed by atoms with van der Waals surface area (Å²) in [6.07, 6.45) is 5.34. The molecule has 0 unspecified atom stereocenters. The Morgan fingerprint density at radius 1 is 1.15 bits per heavy atom. The fourth-order valence-electron chi connectivity index (χ4n) is 3.50. The minimum atomic E-state index is -0.103. The van der Waals surface area contributed by atoms with Gasteiger partial charge in [0.15, 0.2) is 0 Å². The number of piperazine rings is 1. The molecule has 0 aromatic carbocycles. The van der Waals surface area contributed by atoms with E-state index >= 15 is 0 Å². The number of likely N-dealkylation sites (N-methyl/N-ethyl adjacent to an activating group) is 1. The molecular weight excluding hydrogens is 330 g/mol. The Labute approximate surface area is 155 Å². The fourth-order valence-corrected chi connectivity index (χ4v) is 3.50. The summed E-state index contributed by atoms with van der Waals surface area (Å²) in [6, 6.07) is 3.91. The lowest BCUT2D eigenvalue weighted by molar-refractivity contribution is -0.135. The molecule has 7 nitrogen and oxygen atoms in total. The minimum Gasteiger partial charge on any atom is -0.354 e. The predicted octanol–water partition coefficient (Wildman–Crippen LogP) is 0.852. The zero-order valence-electron chi connectivity index (χ0n) is 15.6. The van der Waals surface area contributed by atoms with Crippen LogP contribution in [0.2, 0.25) is 0 Å². The van der Waals surface area contributed by atoms with Crippen LogP contribution in [-0.4, -0.2) is 72.9 Å². The normalized spacial score (nSPS) is 19.3. The van der Waals surface area contributed by atoms with Crippen LogP contribution in [0.4, 0.5) is 5.82 Å². The number of nitrogens with one attached hydrogen (secondary N) is 1. The lowest BCUT2D eigenvalue weighted by atomic mass is 10.2. The van der Waals surface area contributed by atoms with Crippen LogP contribution in [0.3, 0.4) is 0 Å². The molecule has 3 rings (SSSR count). The molecule has 1 aromatic heterocycles. The zero-order valence-corrected chi connectivity index (χ0v) is 15.6. The van der Waals surface area contributed by atoms with Gasteiger partial charge in [-0.15, -0.1) is 0 Å². The van der Waals surface area contributed by atoms with E-state index in [0.717, 1.165) is 56.8 Å². The maximum absolute atomic E-state index is 12.3. The molecule has 2 fully saturated rings. The number of hydrogen-bond donors (Lipinski definition) is 1. The van der Waals surface area contributed by atoms with E-state index in [1.807, 2.05) is 12.1 Å². The highest BCUT2D eigenvalue weighted by atomic mass is 16.2. The van der Waals surface area contributed by atoms with E-state index < -0.39 is 0 Å². The van der Waals surface area contributed by atoms with Gasteiger partial charge in [0.2, 0.25) is 11.8 Å². The highest BCUT2D eigenvalue weighted by Gasteiger charge is 2.20. The van der Waals surface area contributed by atoms with Crippen LogP contribution in [0, 0.1) is 0 Å². The van der Waals surface area contributed by atoms with E-state index in [9.17, 15) is 9.59 Å². The lowest BCUT2D eigenvalue weighted by Crippen LogP contribution is -2.45. The molecule has 7 heteroatoms. The van der Waals surface area contributed by atoms with Crippen LogP contribution in [-0.2, 0) is 16.1 Å². The molecule has 1 aromatic rings. The number of aromatic nitrogens is 1. The third-order valence-corrected chi connectivity index (χ3v) is 5.15. The standard InChI is InChI=1S/C19H29N5O2/c1-22-10-12-23(13-11-22)19-16(6-5-8-20-19)14-21-17(25)15-24-9-4-2-3-7-18(24)26/h5-6,8H,2-4,7,9-15H2,1H3,(H,21,25). The molecule has 1 N–H and O–H groups in total. The second kappa shape index (κ2) is 8.98. The summed E-state index contributed by atoms with van der Waals surface area (Å²) in [5.41, 5.74) is 1.02. The number of carbonyl (C=O) groups is 2. The summed E-state index contributed by atoms with van der Waals surface area (Å²) in [7, 11) is 2.13. The summed E-state index contributed by atoms with van der Waals surface area (Å²) in [5.74, 6) is 0.942. The molecule has 0 atom stereocenters. The van der Waals surface area contributed by atoms with E-state index in [0.29, 0.717) is 19.5 Å². The molecule has 0 spiro atoms. The topological polar surface area (TPSA) is 68.8 Å². The molecule has 3 heterocycles. The van der Waals surface area contributed by atoms with Crippen LogP contribution < -0.4 is 10.2 Å². The first-order chi connectivity index (χ1) is 12.6. The third kappa shape index (κ3) is 4.94. The van der Waals surface area contributed by atoms with Gasteiger partial charge in [0, 0.05) is 57.4 Å². The SMILES string of the molecule is CN1CCN(c2ncccc2CNC(=O)CN2CCCCCC2=O)CC1. The number of carbonyl (C=O) groups excluding carboxylic acids is 2. The molecule has 0 saturated carbocycles. The molecule has 0 bridgehead atoms. The molecule has 2 aliphatic heterocycles. The van der Waals surface area contributed by atoms with Gasteiger partial charge in [0.1, 0.15) is 5.82 Å². The van der Waals surface area contributed by atoms with E-state index in [1.54, 1.807) is 11.1 Å². The van der Waals surface area contributed by atoms with Crippen LogP contribution in [0.5, 0.6) is 0 Å². The Hall–Kier alpha value is -2.15. The van der Waals surface area contributed by atoms with Gasteiger partial charge in [0.05, 0.1) is 6.54 Å². The van der Waals surface area contributed by atoms with E-state index in [4.69, 9.17) is 0 Å². The Kier molecular flexibility index (Phi) is 6.44. The first kappa shape index (κ1) is 18.6. The first-order valence-electron chi connectivity index (χ1n) is 9.55. The fraction of sp³-hybridized carbons (Fsp3) is 0.632. The summed E-state index contributed by atoms with van der Waals surface area (Å²) >= 11 is 0. The smallest absolute Gasteiger partial charge is 0.239 e. The van der Waals surface area contributed by atoms with E-state index in [1.165, 1.54) is 0 Å². The summed E-state index contributed by atoms with van der Waals surface area (Å²) in [5, 5.41) is 2.97. The number of rotatable bonds is 5. The summed E-state index contributed by atoms with van der Waals surface area (Å²) in [4.78, 5) is 35.2. The van der Waals surface area contributed by atoms with Gasteiger partial charge >= 0.3 is 0 Å². The Morgan fingerprint density at radius 2 is 1.96 bits per heavy atom. The van der Waals surface area contributed by atoms with Gasteiger partial charge in [-0.3, -0.25) is 9.59 Å². The molecule has 2 amide bonds. The highest BCUT2D eigenvalue weighted by Crippen LogP contribution is 2.18. The van der Waals surface area contributed by atoms with Crippen molar-refractivity contribution in [3.05, 3.63) is 23.9 Å². The second-order valence-corrected chi connectivity index (χ2v) is 7.18. The van der Waals surface area contributed by atoms with Crippen LogP contribution in [0.15, 0.2) is 18.3 Å². The number of pyridine rings is 1. The molecule has 142 valence electrons. The quantitative estimate of drug-likeness (QED) is 0.844. The molecule has 26 heavy (non-hydrogen) atoms. The molecular formula is C19H29N5O2. The van der Waals surface area contributed by atoms with Crippen molar-refractivity contribution < 1.29 is 9.59 Å². The van der Waals surface area contributed by atoms with Crippen molar-refractivity contribution in [2.45, 2.75) is 32.2 Å². The number of amides is 2. The average molecular weight is 359 g/mol. The van der Waals surface area contributed by atoms with Crippen molar-refractivity contribution in [3.63, 3.8) is 0 Å². The lowest BCUT2D eigenvalue weighted by Gasteiger charge is -2.34. The predicted molar refractivity (Wildman–Crippen MR) is 101 cm³/mol. The molecule has 0 aliphatic carbocycles. The second-order valence-electron chi connectivity index (χ2n) is 7.18. The van der Waals surface area contributed by atoms with Crippen LogP contribution >= 0.6 is 0 Å². The maximum Gasteiger partial charge on any atom is 0.239 e. The Morgan fingerprint density at radius 3 is 2.77 bits per heavy atom. The van der Waals surface area contributed by atoms with Gasteiger partial charge in [-0.2, -0.15) is 0 Å². The molecule has 2 aliphatic rings. The summed E-state index contributed by atoms with van der Waals surface area (Å²) < 4.78 is 0. The number of anilines is 1. The van der Waals surface area contributed by atoms with Crippen molar-refractivity contribution in [1.82, 2.24) is 20.1 Å². The number of nitrogens with zero attached hydrogens (tertiary/aromatic N) is 4. The Balaban J connectivity index is 1.55. The number of likely N-dealkylation sites (tertiary alicyclic amines) is 1. The van der Waals surface area contributed by atoms with Gasteiger partial charge in [-0.25, -0.2) is 4.98 Å². The average Bonchev–Trinajstić information content (AvgIpc) is 2.85. The van der Waals surface area contributed by atoms with E-state index in [2.05, 4.69) is 27.1 Å². The third-order valence-electron chi connectivity index (χ3n) is 5.15. The van der Waals surface area contributed by atoms with Crippen LogP contribution in [0.25, 0.3) is 0 Å². The first-order valence-corrected chi connectivity index (χ1v) is 9.55.